The average molecular weight is 1050 g/mol. The van der Waals surface area contributed by atoms with E-state index < -0.39 is 59.5 Å². The van der Waals surface area contributed by atoms with Crippen molar-refractivity contribution in [2.45, 2.75) is 117 Å². The van der Waals surface area contributed by atoms with Gasteiger partial charge in [-0.25, -0.2) is 45.8 Å². The molecule has 5 unspecified atom stereocenters. The van der Waals surface area contributed by atoms with Gasteiger partial charge in [-0.15, -0.1) is 0 Å². The van der Waals surface area contributed by atoms with Crippen LogP contribution in [0.2, 0.25) is 0 Å². The molecule has 4 bridgehead atoms. The van der Waals surface area contributed by atoms with E-state index in [2.05, 4.69) is 50.6 Å². The summed E-state index contributed by atoms with van der Waals surface area (Å²) in [5.74, 6) is -1.50. The summed E-state index contributed by atoms with van der Waals surface area (Å²) in [7, 11) is -7.59. The Morgan fingerprint density at radius 3 is 1.64 bits per heavy atom. The van der Waals surface area contributed by atoms with Crippen molar-refractivity contribution in [3.8, 4) is 0 Å². The summed E-state index contributed by atoms with van der Waals surface area (Å²) >= 11 is 0. The summed E-state index contributed by atoms with van der Waals surface area (Å²) < 4.78 is 59.8. The molecular formula is C51H70N10O10S2. The number of amides is 4. The van der Waals surface area contributed by atoms with Crippen molar-refractivity contribution >= 4 is 67.7 Å². The van der Waals surface area contributed by atoms with Gasteiger partial charge in [-0.2, -0.15) is 0 Å². The molecule has 4 aliphatic carbocycles. The molecule has 4 fully saturated rings. The zero-order chi connectivity index (χ0) is 52.9. The van der Waals surface area contributed by atoms with Crippen LogP contribution >= 0.6 is 0 Å². The lowest BCUT2D eigenvalue weighted by atomic mass is 9.70. The molecule has 22 heteroatoms. The van der Waals surface area contributed by atoms with Crippen molar-refractivity contribution in [1.82, 2.24) is 40.0 Å². The van der Waals surface area contributed by atoms with Crippen LogP contribution in [0, 0.1) is 47.8 Å². The van der Waals surface area contributed by atoms with Gasteiger partial charge in [0, 0.05) is 61.2 Å². The van der Waals surface area contributed by atoms with Crippen LogP contribution < -0.4 is 41.8 Å². The highest BCUT2D eigenvalue weighted by Gasteiger charge is 2.68. The number of aryl methyl sites for hydroxylation is 2. The number of carbonyl (C=O) groups is 4. The van der Waals surface area contributed by atoms with Gasteiger partial charge in [0.25, 0.3) is 11.1 Å². The number of nitrogens with one attached hydrogen (secondary N) is 8. The monoisotopic (exact) mass is 1050 g/mol. The summed E-state index contributed by atoms with van der Waals surface area (Å²) in [5, 5.41) is 9.58. The number of allylic oxidation sites excluding steroid dienone is 2. The van der Waals surface area contributed by atoms with Gasteiger partial charge in [-0.1, -0.05) is 77.6 Å². The van der Waals surface area contributed by atoms with Gasteiger partial charge in [0.1, 0.15) is 0 Å². The van der Waals surface area contributed by atoms with E-state index in [1.54, 1.807) is 13.8 Å². The van der Waals surface area contributed by atoms with E-state index in [9.17, 15) is 45.6 Å². The molecular weight excluding hydrogens is 977 g/mol. The largest absolute Gasteiger partial charge is 0.338 e. The van der Waals surface area contributed by atoms with Gasteiger partial charge < -0.3 is 10.6 Å². The number of H-pyrrole nitrogens is 2. The Hall–Kier alpha value is -5.84. The van der Waals surface area contributed by atoms with Crippen molar-refractivity contribution in [3.05, 3.63) is 90.8 Å². The molecule has 20 nitrogen and oxygen atoms in total. The lowest BCUT2D eigenvalue weighted by Gasteiger charge is -2.35. The van der Waals surface area contributed by atoms with Crippen LogP contribution in [0.5, 0.6) is 0 Å². The van der Waals surface area contributed by atoms with Gasteiger partial charge >= 0.3 is 12.1 Å². The highest BCUT2D eigenvalue weighted by Crippen LogP contribution is 2.66. The fraction of sp³-hybridized carbons (Fsp3) is 0.569. The number of fused-ring (bicyclic) bond motifs is 4. The Bertz CT molecular complexity index is 3000. The third-order valence-electron chi connectivity index (χ3n) is 15.5. The number of nitrogens with zero attached hydrogens (tertiary/aromatic N) is 2. The number of aromatic nitrogens is 4. The van der Waals surface area contributed by atoms with Crippen LogP contribution in [0.25, 0.3) is 12.2 Å². The van der Waals surface area contributed by atoms with Gasteiger partial charge in [0.05, 0.1) is 16.4 Å². The minimum atomic E-state index is -3.80. The van der Waals surface area contributed by atoms with Crippen molar-refractivity contribution in [2.24, 2.45) is 34.0 Å². The zero-order valence-corrected chi connectivity index (χ0v) is 44.2. The number of rotatable bonds is 23. The first-order chi connectivity index (χ1) is 34.4. The predicted octanol–water partition coefficient (Wildman–Crippen LogP) is 5.46. The SMILES string of the molecule is Cc1cc(=O)[nH]c(NC(=O)NCCCCCCNS(=O)(=O)CC23CCC(C(=Cc4ccc(C=C5C(=O)C6C(S(=O)(=O)NCCCCCCNC(=O)Nc7nc(C)cc(=O)[nH]7)CC5C6(C)C)cc4)C2=O)C3(C)C)n1. The molecule has 1 aromatic carbocycles. The lowest BCUT2D eigenvalue weighted by Crippen LogP contribution is -2.45. The number of sulfonamides is 2. The lowest BCUT2D eigenvalue weighted by molar-refractivity contribution is -0.125. The second kappa shape index (κ2) is 22.3. The normalized spacial score (nSPS) is 23.9. The van der Waals surface area contributed by atoms with E-state index in [0.717, 1.165) is 36.8 Å². The Labute approximate surface area is 426 Å². The zero-order valence-electron chi connectivity index (χ0n) is 42.5. The number of aromatic amines is 2. The maximum absolute atomic E-state index is 14.3. The molecule has 2 heterocycles. The standard InChI is InChI=1S/C51H70N10O10S2/c1-31-25-40(62)58-45(56-31)60-47(66)52-21-11-7-9-13-23-54-72(68,69)30-51-20-19-37(50(51,5)6)36(44(51)65)28-34-17-15-33(16-18-34)27-35-38-29-39(42(43(35)64)49(38,3)4)73(70,71)55-24-14-10-8-12-22-53-48(67)61-46-57-32(2)26-41(63)59-46/h15-18,25-28,37-39,42,54-55H,7-14,19-24,29-30H2,1-6H3,(H3,52,56,58,60,62,66)(H3,53,57,59,61,63,67). The van der Waals surface area contributed by atoms with Crippen LogP contribution in [0.4, 0.5) is 21.5 Å². The van der Waals surface area contributed by atoms with Gasteiger partial charge in [0.2, 0.25) is 31.9 Å². The molecule has 4 amide bonds. The first kappa shape index (κ1) is 54.9. The number of hydrogen-bond donors (Lipinski definition) is 8. The molecule has 4 saturated carbocycles. The highest BCUT2D eigenvalue weighted by molar-refractivity contribution is 7.90. The van der Waals surface area contributed by atoms with Crippen LogP contribution in [0.3, 0.4) is 0 Å². The van der Waals surface area contributed by atoms with Gasteiger partial charge in [-0.05, 0) is 110 Å². The number of urea groups is 2. The Morgan fingerprint density at radius 2 is 1.15 bits per heavy atom. The summed E-state index contributed by atoms with van der Waals surface area (Å²) in [5.41, 5.74) is 0.839. The van der Waals surface area contributed by atoms with Crippen molar-refractivity contribution in [2.75, 3.05) is 42.6 Å². The van der Waals surface area contributed by atoms with E-state index in [1.807, 2.05) is 64.1 Å². The first-order valence-corrected chi connectivity index (χ1v) is 28.5. The third kappa shape index (κ3) is 12.6. The Balaban J connectivity index is 0.848. The molecule has 73 heavy (non-hydrogen) atoms. The number of anilines is 2. The van der Waals surface area contributed by atoms with Crippen LogP contribution in [-0.4, -0.2) is 97.6 Å². The Morgan fingerprint density at radius 1 is 0.671 bits per heavy atom. The minimum Gasteiger partial charge on any atom is -0.338 e. The predicted molar refractivity (Wildman–Crippen MR) is 279 cm³/mol. The van der Waals surface area contributed by atoms with Crippen LogP contribution in [0.15, 0.2) is 57.1 Å². The fourth-order valence-corrected chi connectivity index (χ4v) is 15.5. The quantitative estimate of drug-likeness (QED) is 0.0434. The Kier molecular flexibility index (Phi) is 16.8. The van der Waals surface area contributed by atoms with Crippen molar-refractivity contribution in [3.63, 3.8) is 0 Å². The number of ketones is 2. The first-order valence-electron chi connectivity index (χ1n) is 25.3. The summed E-state index contributed by atoms with van der Waals surface area (Å²) in [6.07, 6.45) is 10.8. The molecule has 4 aliphatic rings. The molecule has 0 saturated heterocycles. The molecule has 8 N–H and O–H groups in total. The number of hydrogen-bond acceptors (Lipinski definition) is 12. The maximum atomic E-state index is 14.3. The molecule has 2 aromatic heterocycles. The fourth-order valence-electron chi connectivity index (χ4n) is 11.7. The minimum absolute atomic E-state index is 0.0616. The maximum Gasteiger partial charge on any atom is 0.321 e. The molecule has 0 spiro atoms. The molecule has 7 rings (SSSR count). The number of unbranched alkanes of at least 4 members (excludes halogenated alkanes) is 6. The summed E-state index contributed by atoms with van der Waals surface area (Å²) in [4.78, 5) is 88.7. The van der Waals surface area contributed by atoms with E-state index >= 15 is 0 Å². The van der Waals surface area contributed by atoms with Crippen LogP contribution in [0.1, 0.15) is 121 Å². The van der Waals surface area contributed by atoms with E-state index in [4.69, 9.17) is 0 Å². The molecule has 0 radical (unpaired) electrons. The van der Waals surface area contributed by atoms with Crippen LogP contribution in [-0.2, 0) is 29.6 Å². The van der Waals surface area contributed by atoms with E-state index in [-0.39, 0.29) is 65.3 Å². The van der Waals surface area contributed by atoms with Gasteiger partial charge in [0.15, 0.2) is 11.6 Å². The number of Topliss-reactive ketones (excluding diaryl/α,β-unsaturated/α-hetero) is 2. The molecule has 396 valence electrons. The smallest absolute Gasteiger partial charge is 0.321 e. The molecule has 0 aliphatic heterocycles. The average Bonchev–Trinajstić information content (AvgIpc) is 3.83. The highest BCUT2D eigenvalue weighted by atomic mass is 32.2. The van der Waals surface area contributed by atoms with E-state index in [0.29, 0.717) is 80.6 Å². The topological polar surface area (TPSA) is 300 Å². The summed E-state index contributed by atoms with van der Waals surface area (Å²) in [6, 6.07) is 9.19. The van der Waals surface area contributed by atoms with E-state index in [1.165, 1.54) is 12.1 Å². The van der Waals surface area contributed by atoms with Gasteiger partial charge in [-0.3, -0.25) is 39.8 Å². The summed E-state index contributed by atoms with van der Waals surface area (Å²) in [6.45, 7) is 12.5. The van der Waals surface area contributed by atoms with Crippen molar-refractivity contribution < 1.29 is 36.0 Å². The molecule has 3 aromatic rings. The number of benzene rings is 1. The van der Waals surface area contributed by atoms with Crippen molar-refractivity contribution in [1.29, 1.82) is 0 Å². The molecule has 5 atom stereocenters. The number of carbonyl (C=O) groups excluding carboxylic acids is 4. The second-order valence-corrected chi connectivity index (χ2v) is 25.0. The second-order valence-electron chi connectivity index (χ2n) is 21.2. The third-order valence-corrected chi connectivity index (χ3v) is 18.9.